The zero-order valence-corrected chi connectivity index (χ0v) is 13.7. The van der Waals surface area contributed by atoms with Crippen LogP contribution in [0.1, 0.15) is 25.0 Å². The predicted molar refractivity (Wildman–Crippen MR) is 91.9 cm³/mol. The Balaban J connectivity index is 1.76. The molecule has 1 heterocycles. The Bertz CT molecular complexity index is 702. The smallest absolute Gasteiger partial charge is 0.0998 e. The quantitative estimate of drug-likeness (QED) is 0.864. The van der Waals surface area contributed by atoms with Gasteiger partial charge in [-0.15, -0.1) is 0 Å². The highest BCUT2D eigenvalue weighted by Gasteiger charge is 2.23. The van der Waals surface area contributed by atoms with Gasteiger partial charge in [0.05, 0.1) is 24.3 Å². The van der Waals surface area contributed by atoms with Gasteiger partial charge in [-0.1, -0.05) is 42.5 Å². The fourth-order valence-corrected chi connectivity index (χ4v) is 3.05. The summed E-state index contributed by atoms with van der Waals surface area (Å²) in [4.78, 5) is 2.46. The van der Waals surface area contributed by atoms with Gasteiger partial charge in [0, 0.05) is 19.1 Å². The van der Waals surface area contributed by atoms with Crippen molar-refractivity contribution in [3.63, 3.8) is 0 Å². The van der Waals surface area contributed by atoms with Gasteiger partial charge in [0.2, 0.25) is 0 Å². The van der Waals surface area contributed by atoms with E-state index in [1.54, 1.807) is 0 Å². The van der Waals surface area contributed by atoms with Crippen LogP contribution < -0.4 is 0 Å². The summed E-state index contributed by atoms with van der Waals surface area (Å²) in [7, 11) is 0. The Morgan fingerprint density at radius 3 is 2.61 bits per heavy atom. The molecule has 3 nitrogen and oxygen atoms in total. The molecule has 2 aromatic carbocycles. The summed E-state index contributed by atoms with van der Waals surface area (Å²) in [5.74, 6) is 0. The molecule has 2 atom stereocenters. The minimum absolute atomic E-state index is 0.299. The second kappa shape index (κ2) is 6.95. The zero-order valence-electron chi connectivity index (χ0n) is 13.7. The monoisotopic (exact) mass is 306 g/mol. The summed E-state index contributed by atoms with van der Waals surface area (Å²) < 4.78 is 5.69. The van der Waals surface area contributed by atoms with Crippen molar-refractivity contribution in [1.29, 1.82) is 5.26 Å². The molecule has 0 spiro atoms. The predicted octanol–water partition coefficient (Wildman–Crippen LogP) is 3.83. The molecule has 0 bridgehead atoms. The van der Waals surface area contributed by atoms with Crippen LogP contribution >= 0.6 is 0 Å². The van der Waals surface area contributed by atoms with E-state index in [9.17, 15) is 5.26 Å². The summed E-state index contributed by atoms with van der Waals surface area (Å²) in [6, 6.07) is 19.0. The zero-order chi connectivity index (χ0) is 16.2. The highest BCUT2D eigenvalue weighted by atomic mass is 16.5. The first-order valence-electron chi connectivity index (χ1n) is 8.11. The van der Waals surface area contributed by atoms with Gasteiger partial charge in [-0.05, 0) is 36.6 Å². The van der Waals surface area contributed by atoms with Gasteiger partial charge in [-0.25, -0.2) is 0 Å². The van der Waals surface area contributed by atoms with Crippen molar-refractivity contribution in [1.82, 2.24) is 4.90 Å². The Hall–Kier alpha value is -2.15. The number of benzene rings is 2. The van der Waals surface area contributed by atoms with Gasteiger partial charge in [0.25, 0.3) is 0 Å². The minimum Gasteiger partial charge on any atom is -0.376 e. The van der Waals surface area contributed by atoms with Crippen LogP contribution in [0.3, 0.4) is 0 Å². The van der Waals surface area contributed by atoms with E-state index in [1.165, 1.54) is 5.56 Å². The molecule has 0 aliphatic carbocycles. The summed E-state index contributed by atoms with van der Waals surface area (Å²) in [5.41, 5.74) is 4.10. The SMILES string of the molecule is C[C@H]1CN(Cc2ccc(-c3ccccc3C#N)cc2)[C@@H](C)CO1. The van der Waals surface area contributed by atoms with Crippen LogP contribution in [-0.4, -0.2) is 30.2 Å². The van der Waals surface area contributed by atoms with E-state index in [1.807, 2.05) is 24.3 Å². The number of hydrogen-bond acceptors (Lipinski definition) is 3. The van der Waals surface area contributed by atoms with E-state index >= 15 is 0 Å². The molecule has 0 N–H and O–H groups in total. The number of morpholine rings is 1. The van der Waals surface area contributed by atoms with Gasteiger partial charge < -0.3 is 4.74 Å². The molecular weight excluding hydrogens is 284 g/mol. The summed E-state index contributed by atoms with van der Waals surface area (Å²) in [6.45, 7) is 7.05. The summed E-state index contributed by atoms with van der Waals surface area (Å²) in [6.07, 6.45) is 0.299. The standard InChI is InChI=1S/C20H22N2O/c1-15-14-23-16(2)12-22(15)13-17-7-9-18(10-8-17)20-6-4-3-5-19(20)11-21/h3-10,15-16H,12-14H2,1-2H3/t15-,16-/m0/s1. The molecular formula is C20H22N2O. The van der Waals surface area contributed by atoms with Crippen LogP contribution in [0.5, 0.6) is 0 Å². The third-order valence-corrected chi connectivity index (χ3v) is 4.44. The van der Waals surface area contributed by atoms with E-state index < -0.39 is 0 Å². The molecule has 1 fully saturated rings. The van der Waals surface area contributed by atoms with E-state index in [4.69, 9.17) is 4.74 Å². The first-order valence-corrected chi connectivity index (χ1v) is 8.11. The maximum atomic E-state index is 9.24. The van der Waals surface area contributed by atoms with Crippen LogP contribution in [0.2, 0.25) is 0 Å². The number of hydrogen-bond donors (Lipinski definition) is 0. The Kier molecular flexibility index (Phi) is 4.76. The van der Waals surface area contributed by atoms with Crippen molar-refractivity contribution in [3.8, 4) is 17.2 Å². The largest absolute Gasteiger partial charge is 0.376 e. The van der Waals surface area contributed by atoms with E-state index in [2.05, 4.69) is 49.1 Å². The molecule has 3 rings (SSSR count). The highest BCUT2D eigenvalue weighted by molar-refractivity contribution is 5.70. The van der Waals surface area contributed by atoms with Gasteiger partial charge >= 0.3 is 0 Å². The molecule has 0 amide bonds. The molecule has 1 saturated heterocycles. The molecule has 118 valence electrons. The Morgan fingerprint density at radius 1 is 1.13 bits per heavy atom. The molecule has 3 heteroatoms. The van der Waals surface area contributed by atoms with Gasteiger partial charge in [-0.2, -0.15) is 5.26 Å². The lowest BCUT2D eigenvalue weighted by atomic mass is 9.99. The molecule has 2 aromatic rings. The maximum Gasteiger partial charge on any atom is 0.0998 e. The molecule has 0 radical (unpaired) electrons. The lowest BCUT2D eigenvalue weighted by molar-refractivity contribution is -0.0526. The average molecular weight is 306 g/mol. The van der Waals surface area contributed by atoms with Gasteiger partial charge in [0.15, 0.2) is 0 Å². The second-order valence-corrected chi connectivity index (χ2v) is 6.28. The summed E-state index contributed by atoms with van der Waals surface area (Å²) >= 11 is 0. The van der Waals surface area contributed by atoms with Gasteiger partial charge in [0.1, 0.15) is 0 Å². The third-order valence-electron chi connectivity index (χ3n) is 4.44. The molecule has 1 aliphatic rings. The first-order chi connectivity index (χ1) is 11.2. The number of nitrogens with zero attached hydrogens (tertiary/aromatic N) is 2. The number of rotatable bonds is 3. The lowest BCUT2D eigenvalue weighted by Crippen LogP contribution is -2.46. The minimum atomic E-state index is 0.299. The molecule has 23 heavy (non-hydrogen) atoms. The average Bonchev–Trinajstić information content (AvgIpc) is 2.59. The molecule has 1 aliphatic heterocycles. The van der Waals surface area contributed by atoms with Crippen molar-refractivity contribution in [3.05, 3.63) is 59.7 Å². The van der Waals surface area contributed by atoms with Crippen LogP contribution in [0.4, 0.5) is 0 Å². The van der Waals surface area contributed by atoms with Crippen LogP contribution in [0.25, 0.3) is 11.1 Å². The number of ether oxygens (including phenoxy) is 1. The second-order valence-electron chi connectivity index (χ2n) is 6.28. The molecule has 0 saturated carbocycles. The Morgan fingerprint density at radius 2 is 1.87 bits per heavy atom. The fraction of sp³-hybridized carbons (Fsp3) is 0.350. The van der Waals surface area contributed by atoms with Gasteiger partial charge in [-0.3, -0.25) is 4.90 Å². The van der Waals surface area contributed by atoms with E-state index in [-0.39, 0.29) is 0 Å². The highest BCUT2D eigenvalue weighted by Crippen LogP contribution is 2.24. The Labute approximate surface area is 138 Å². The van der Waals surface area contributed by atoms with Crippen LogP contribution in [0, 0.1) is 11.3 Å². The van der Waals surface area contributed by atoms with Crippen LogP contribution in [-0.2, 0) is 11.3 Å². The summed E-state index contributed by atoms with van der Waals surface area (Å²) in [5, 5.41) is 9.24. The maximum absolute atomic E-state index is 9.24. The van der Waals surface area contributed by atoms with E-state index in [0.717, 1.165) is 36.4 Å². The van der Waals surface area contributed by atoms with Crippen molar-refractivity contribution in [2.24, 2.45) is 0 Å². The van der Waals surface area contributed by atoms with Crippen molar-refractivity contribution < 1.29 is 4.74 Å². The molecule has 0 aromatic heterocycles. The fourth-order valence-electron chi connectivity index (χ4n) is 3.05. The number of nitriles is 1. The van der Waals surface area contributed by atoms with Crippen molar-refractivity contribution in [2.45, 2.75) is 32.5 Å². The topological polar surface area (TPSA) is 36.3 Å². The van der Waals surface area contributed by atoms with E-state index in [0.29, 0.717) is 12.1 Å². The normalized spacial score (nSPS) is 21.8. The van der Waals surface area contributed by atoms with Crippen molar-refractivity contribution >= 4 is 0 Å². The van der Waals surface area contributed by atoms with Crippen molar-refractivity contribution in [2.75, 3.05) is 13.2 Å². The van der Waals surface area contributed by atoms with Crippen LogP contribution in [0.15, 0.2) is 48.5 Å². The molecule has 0 unspecified atom stereocenters. The third kappa shape index (κ3) is 3.61. The first kappa shape index (κ1) is 15.7. The lowest BCUT2D eigenvalue weighted by Gasteiger charge is -2.36.